The molecule has 1 aromatic rings. The normalized spacial score (nSPS) is 22.0. The molecule has 0 unspecified atom stereocenters. The van der Waals surface area contributed by atoms with E-state index in [-0.39, 0.29) is 23.6 Å². The van der Waals surface area contributed by atoms with Crippen LogP contribution in [0, 0.1) is 0 Å². The van der Waals surface area contributed by atoms with Crippen LogP contribution in [0.2, 0.25) is 0 Å². The molecule has 1 fully saturated rings. The van der Waals surface area contributed by atoms with Crippen molar-refractivity contribution in [2.45, 2.75) is 51.1 Å². The maximum Gasteiger partial charge on any atom is 0.325 e. The molecule has 0 atom stereocenters. The van der Waals surface area contributed by atoms with E-state index in [1.807, 2.05) is 6.92 Å². The van der Waals surface area contributed by atoms with E-state index in [4.69, 9.17) is 5.73 Å². The van der Waals surface area contributed by atoms with Crippen molar-refractivity contribution in [3.8, 4) is 0 Å². The summed E-state index contributed by atoms with van der Waals surface area (Å²) in [7, 11) is 0. The van der Waals surface area contributed by atoms with Gasteiger partial charge in [0.2, 0.25) is 0 Å². The Kier molecular flexibility index (Phi) is 4.95. The molecule has 0 spiro atoms. The van der Waals surface area contributed by atoms with E-state index in [1.54, 1.807) is 4.90 Å². The van der Waals surface area contributed by atoms with Crippen LogP contribution in [0.15, 0.2) is 15.8 Å². The fourth-order valence-electron chi connectivity index (χ4n) is 2.83. The van der Waals surface area contributed by atoms with Crippen LogP contribution in [-0.2, 0) is 0 Å². The number of aromatic amines is 2. The molecule has 0 bridgehead atoms. The molecule has 0 saturated heterocycles. The van der Waals surface area contributed by atoms with Crippen molar-refractivity contribution < 1.29 is 4.79 Å². The second kappa shape index (κ2) is 6.71. The van der Waals surface area contributed by atoms with E-state index in [9.17, 15) is 14.4 Å². The van der Waals surface area contributed by atoms with Crippen LogP contribution in [0.3, 0.4) is 0 Å². The van der Waals surface area contributed by atoms with Crippen molar-refractivity contribution in [3.05, 3.63) is 32.6 Å². The Labute approximate surface area is 122 Å². The van der Waals surface area contributed by atoms with Gasteiger partial charge in [0.05, 0.1) is 0 Å². The van der Waals surface area contributed by atoms with Gasteiger partial charge in [-0.3, -0.25) is 14.6 Å². The largest absolute Gasteiger partial charge is 0.335 e. The summed E-state index contributed by atoms with van der Waals surface area (Å²) in [4.78, 5) is 41.6. The Hall–Kier alpha value is -1.89. The number of carbonyl (C=O) groups is 1. The molecule has 1 aliphatic carbocycles. The van der Waals surface area contributed by atoms with E-state index in [1.165, 1.54) is 6.20 Å². The number of amides is 1. The molecule has 0 radical (unpaired) electrons. The standard InChI is InChI=1S/C14H22N4O3/c1-2-7-18(10-5-3-9(15)4-6-10)13(20)11-8-16-14(21)17-12(11)19/h8-10H,2-7,15H2,1H3,(H2,16,17,19,21). The average molecular weight is 294 g/mol. The smallest absolute Gasteiger partial charge is 0.325 e. The molecule has 7 nitrogen and oxygen atoms in total. The van der Waals surface area contributed by atoms with E-state index >= 15 is 0 Å². The highest BCUT2D eigenvalue weighted by Crippen LogP contribution is 2.23. The number of nitrogens with zero attached hydrogens (tertiary/aromatic N) is 1. The van der Waals surface area contributed by atoms with Gasteiger partial charge in [-0.2, -0.15) is 0 Å². The van der Waals surface area contributed by atoms with Gasteiger partial charge in [0, 0.05) is 24.8 Å². The fourth-order valence-corrected chi connectivity index (χ4v) is 2.83. The second-order valence-electron chi connectivity index (χ2n) is 5.55. The van der Waals surface area contributed by atoms with Crippen molar-refractivity contribution in [2.75, 3.05) is 6.54 Å². The lowest BCUT2D eigenvalue weighted by atomic mass is 9.90. The van der Waals surface area contributed by atoms with E-state index in [0.29, 0.717) is 6.54 Å². The Morgan fingerprint density at radius 2 is 2.00 bits per heavy atom. The molecule has 1 heterocycles. The van der Waals surface area contributed by atoms with Crippen LogP contribution in [0.4, 0.5) is 0 Å². The van der Waals surface area contributed by atoms with Gasteiger partial charge in [0.15, 0.2) is 0 Å². The molecule has 21 heavy (non-hydrogen) atoms. The lowest BCUT2D eigenvalue weighted by Gasteiger charge is -2.35. The Morgan fingerprint density at radius 3 is 2.57 bits per heavy atom. The Bertz CT molecular complexity index is 599. The Balaban J connectivity index is 2.22. The topological polar surface area (TPSA) is 112 Å². The SMILES string of the molecule is CCCN(C(=O)c1c[nH]c(=O)[nH]c1=O)C1CCC(N)CC1. The minimum absolute atomic E-state index is 0.0158. The zero-order valence-electron chi connectivity index (χ0n) is 12.2. The second-order valence-corrected chi connectivity index (χ2v) is 5.55. The van der Waals surface area contributed by atoms with Crippen molar-refractivity contribution >= 4 is 5.91 Å². The third kappa shape index (κ3) is 3.60. The number of rotatable bonds is 4. The molecule has 7 heteroatoms. The highest BCUT2D eigenvalue weighted by molar-refractivity contribution is 5.93. The number of H-pyrrole nitrogens is 2. The minimum Gasteiger partial charge on any atom is -0.335 e. The zero-order chi connectivity index (χ0) is 15.4. The molecule has 1 amide bonds. The van der Waals surface area contributed by atoms with Gasteiger partial charge >= 0.3 is 5.69 Å². The third-order valence-corrected chi connectivity index (χ3v) is 3.96. The van der Waals surface area contributed by atoms with Gasteiger partial charge in [0.25, 0.3) is 11.5 Å². The first-order valence-electron chi connectivity index (χ1n) is 7.41. The third-order valence-electron chi connectivity index (χ3n) is 3.96. The maximum absolute atomic E-state index is 12.6. The molecule has 0 aliphatic heterocycles. The lowest BCUT2D eigenvalue weighted by molar-refractivity contribution is 0.0624. The molecule has 2 rings (SSSR count). The number of nitrogens with two attached hydrogens (primary N) is 1. The summed E-state index contributed by atoms with van der Waals surface area (Å²) in [6, 6.07) is 0.319. The van der Waals surface area contributed by atoms with E-state index in [0.717, 1.165) is 32.1 Å². The first-order valence-corrected chi connectivity index (χ1v) is 7.41. The van der Waals surface area contributed by atoms with Gasteiger partial charge in [-0.25, -0.2) is 4.79 Å². The molecule has 1 aliphatic rings. The first-order chi connectivity index (χ1) is 10.0. The minimum atomic E-state index is -0.641. The first kappa shape index (κ1) is 15.5. The summed E-state index contributed by atoms with van der Waals surface area (Å²) >= 11 is 0. The molecule has 4 N–H and O–H groups in total. The van der Waals surface area contributed by atoms with Crippen LogP contribution in [0.5, 0.6) is 0 Å². The number of aromatic nitrogens is 2. The van der Waals surface area contributed by atoms with Crippen molar-refractivity contribution in [1.29, 1.82) is 0 Å². The van der Waals surface area contributed by atoms with Gasteiger partial charge in [0.1, 0.15) is 5.56 Å². The molecule has 116 valence electrons. The molecule has 1 aromatic heterocycles. The Morgan fingerprint density at radius 1 is 1.33 bits per heavy atom. The number of carbonyl (C=O) groups excluding carboxylic acids is 1. The van der Waals surface area contributed by atoms with E-state index < -0.39 is 11.2 Å². The summed E-state index contributed by atoms with van der Waals surface area (Å²) in [5.74, 6) is -0.324. The maximum atomic E-state index is 12.6. The zero-order valence-corrected chi connectivity index (χ0v) is 12.2. The molecule has 0 aromatic carbocycles. The van der Waals surface area contributed by atoms with Crippen molar-refractivity contribution in [2.24, 2.45) is 5.73 Å². The highest BCUT2D eigenvalue weighted by atomic mass is 16.2. The van der Waals surface area contributed by atoms with Crippen molar-refractivity contribution in [1.82, 2.24) is 14.9 Å². The number of hydrogen-bond acceptors (Lipinski definition) is 4. The van der Waals surface area contributed by atoms with Gasteiger partial charge < -0.3 is 15.6 Å². The van der Waals surface area contributed by atoms with Crippen LogP contribution in [0.25, 0.3) is 0 Å². The van der Waals surface area contributed by atoms with Gasteiger partial charge in [-0.1, -0.05) is 6.92 Å². The summed E-state index contributed by atoms with van der Waals surface area (Å²) in [6.45, 7) is 2.59. The molecular formula is C14H22N4O3. The van der Waals surface area contributed by atoms with Crippen LogP contribution >= 0.6 is 0 Å². The van der Waals surface area contributed by atoms with Crippen LogP contribution < -0.4 is 17.0 Å². The average Bonchev–Trinajstić information content (AvgIpc) is 2.45. The summed E-state index contributed by atoms with van der Waals surface area (Å²) in [5, 5.41) is 0. The van der Waals surface area contributed by atoms with Gasteiger partial charge in [-0.05, 0) is 32.1 Å². The number of hydrogen-bond donors (Lipinski definition) is 3. The highest BCUT2D eigenvalue weighted by Gasteiger charge is 2.29. The quantitative estimate of drug-likeness (QED) is 0.735. The van der Waals surface area contributed by atoms with E-state index in [2.05, 4.69) is 9.97 Å². The van der Waals surface area contributed by atoms with Crippen molar-refractivity contribution in [3.63, 3.8) is 0 Å². The lowest BCUT2D eigenvalue weighted by Crippen LogP contribution is -2.46. The monoisotopic (exact) mass is 294 g/mol. The predicted octanol–water partition coefficient (Wildman–Crippen LogP) is 0.185. The summed E-state index contributed by atoms with van der Waals surface area (Å²) in [6.07, 6.45) is 5.50. The fraction of sp³-hybridized carbons (Fsp3) is 0.643. The van der Waals surface area contributed by atoms with Gasteiger partial charge in [-0.15, -0.1) is 0 Å². The number of nitrogens with one attached hydrogen (secondary N) is 2. The van der Waals surface area contributed by atoms with Crippen LogP contribution in [-0.4, -0.2) is 39.4 Å². The summed E-state index contributed by atoms with van der Waals surface area (Å²) < 4.78 is 0. The molecule has 1 saturated carbocycles. The summed E-state index contributed by atoms with van der Waals surface area (Å²) in [5.41, 5.74) is 4.63. The predicted molar refractivity (Wildman–Crippen MR) is 79.2 cm³/mol. The van der Waals surface area contributed by atoms with Crippen LogP contribution in [0.1, 0.15) is 49.4 Å². The molecular weight excluding hydrogens is 272 g/mol.